The van der Waals surface area contributed by atoms with Crippen molar-refractivity contribution in [3.8, 4) is 0 Å². The third kappa shape index (κ3) is 4.09. The zero-order valence-corrected chi connectivity index (χ0v) is 13.5. The smallest absolute Gasteiger partial charge is 0.123 e. The Bertz CT molecular complexity index is 809. The molecule has 0 atom stereocenters. The van der Waals surface area contributed by atoms with Crippen molar-refractivity contribution in [3.63, 3.8) is 0 Å². The van der Waals surface area contributed by atoms with Crippen LogP contribution >= 0.6 is 0 Å². The summed E-state index contributed by atoms with van der Waals surface area (Å²) in [5.41, 5.74) is 4.05. The zero-order chi connectivity index (χ0) is 16.9. The van der Waals surface area contributed by atoms with E-state index in [0.29, 0.717) is 19.8 Å². The Kier molecular flexibility index (Phi) is 5.06. The van der Waals surface area contributed by atoms with E-state index >= 15 is 0 Å². The molecule has 0 unspecified atom stereocenters. The van der Waals surface area contributed by atoms with Crippen LogP contribution < -0.4 is 0 Å². The first-order valence-electron chi connectivity index (χ1n) is 7.83. The van der Waals surface area contributed by atoms with Crippen molar-refractivity contribution in [2.45, 2.75) is 26.7 Å². The van der Waals surface area contributed by atoms with Crippen LogP contribution in [0.5, 0.6) is 0 Å². The Morgan fingerprint density at radius 3 is 2.42 bits per heavy atom. The lowest BCUT2D eigenvalue weighted by atomic mass is 10.2. The molecule has 0 amide bonds. The maximum absolute atomic E-state index is 13.3. The minimum absolute atomic E-state index is 0.222. The van der Waals surface area contributed by atoms with Gasteiger partial charge in [-0.1, -0.05) is 24.3 Å². The first kappa shape index (κ1) is 16.4. The molecule has 0 saturated carbocycles. The molecule has 124 valence electrons. The lowest BCUT2D eigenvalue weighted by Crippen LogP contribution is -2.02. The second-order valence-electron chi connectivity index (χ2n) is 5.80. The topological polar surface area (TPSA) is 14.2 Å². The highest BCUT2D eigenvalue weighted by Gasteiger charge is 2.06. The third-order valence-electron chi connectivity index (χ3n) is 4.03. The van der Waals surface area contributed by atoms with Gasteiger partial charge in [-0.05, 0) is 53.9 Å². The van der Waals surface area contributed by atoms with Gasteiger partial charge in [-0.15, -0.1) is 0 Å². The van der Waals surface area contributed by atoms with Crippen molar-refractivity contribution in [3.05, 3.63) is 94.8 Å². The van der Waals surface area contributed by atoms with Gasteiger partial charge in [0.1, 0.15) is 11.6 Å². The summed E-state index contributed by atoms with van der Waals surface area (Å²) in [5, 5.41) is 0. The van der Waals surface area contributed by atoms with Gasteiger partial charge < -0.3 is 9.30 Å². The molecule has 4 heteroatoms. The molecule has 0 saturated heterocycles. The Labute approximate surface area is 140 Å². The van der Waals surface area contributed by atoms with Crippen molar-refractivity contribution < 1.29 is 13.5 Å². The number of rotatable bonds is 6. The van der Waals surface area contributed by atoms with E-state index < -0.39 is 0 Å². The maximum atomic E-state index is 13.3. The number of benzene rings is 2. The van der Waals surface area contributed by atoms with Gasteiger partial charge in [-0.2, -0.15) is 0 Å². The molecule has 3 aromatic rings. The Hall–Kier alpha value is -2.46. The van der Waals surface area contributed by atoms with Crippen LogP contribution in [0.1, 0.15) is 22.4 Å². The molecule has 0 radical (unpaired) electrons. The van der Waals surface area contributed by atoms with E-state index in [1.807, 2.05) is 25.3 Å². The molecule has 0 fully saturated rings. The molecule has 0 N–H and O–H groups in total. The van der Waals surface area contributed by atoms with Crippen LogP contribution in [0.25, 0.3) is 0 Å². The largest absolute Gasteiger partial charge is 0.372 e. The van der Waals surface area contributed by atoms with E-state index in [4.69, 9.17) is 4.74 Å². The molecule has 0 aliphatic rings. The third-order valence-corrected chi connectivity index (χ3v) is 4.03. The van der Waals surface area contributed by atoms with E-state index in [2.05, 4.69) is 4.57 Å². The van der Waals surface area contributed by atoms with Crippen molar-refractivity contribution >= 4 is 0 Å². The minimum Gasteiger partial charge on any atom is -0.372 e. The Morgan fingerprint density at radius 1 is 0.875 bits per heavy atom. The number of nitrogens with zero attached hydrogens (tertiary/aromatic N) is 1. The zero-order valence-electron chi connectivity index (χ0n) is 13.5. The van der Waals surface area contributed by atoms with Crippen LogP contribution in [-0.2, 0) is 24.5 Å². The standard InChI is InChI=1S/C20H19F2NO/c1-15-18(14-24-13-16-5-7-19(21)8-6-16)9-10-23(15)12-17-3-2-4-20(22)11-17/h2-11H,12-14H2,1H3. The van der Waals surface area contributed by atoms with Gasteiger partial charge in [0.25, 0.3) is 0 Å². The van der Waals surface area contributed by atoms with Gasteiger partial charge in [-0.25, -0.2) is 8.78 Å². The minimum atomic E-state index is -0.246. The average molecular weight is 327 g/mol. The molecule has 1 heterocycles. The number of ether oxygens (including phenoxy) is 1. The average Bonchev–Trinajstić information content (AvgIpc) is 2.90. The van der Waals surface area contributed by atoms with Gasteiger partial charge in [0.2, 0.25) is 0 Å². The highest BCUT2D eigenvalue weighted by atomic mass is 19.1. The summed E-state index contributed by atoms with van der Waals surface area (Å²) in [5.74, 6) is -0.468. The second kappa shape index (κ2) is 7.41. The fourth-order valence-electron chi connectivity index (χ4n) is 2.61. The number of aromatic nitrogens is 1. The Balaban J connectivity index is 1.59. The van der Waals surface area contributed by atoms with E-state index in [1.165, 1.54) is 18.2 Å². The van der Waals surface area contributed by atoms with Gasteiger partial charge in [-0.3, -0.25) is 0 Å². The molecule has 0 aliphatic carbocycles. The van der Waals surface area contributed by atoms with Crippen LogP contribution in [0, 0.1) is 18.6 Å². The van der Waals surface area contributed by atoms with E-state index in [-0.39, 0.29) is 11.6 Å². The fraction of sp³-hybridized carbons (Fsp3) is 0.200. The predicted molar refractivity (Wildman–Crippen MR) is 89.6 cm³/mol. The predicted octanol–water partition coefficient (Wildman–Crippen LogP) is 4.84. The normalized spacial score (nSPS) is 11.0. The fourth-order valence-corrected chi connectivity index (χ4v) is 2.61. The molecule has 0 bridgehead atoms. The summed E-state index contributed by atoms with van der Waals surface area (Å²) in [4.78, 5) is 0. The molecular weight excluding hydrogens is 308 g/mol. The molecule has 2 aromatic carbocycles. The lowest BCUT2D eigenvalue weighted by molar-refractivity contribution is 0.106. The van der Waals surface area contributed by atoms with Gasteiger partial charge >= 0.3 is 0 Å². The molecule has 3 rings (SSSR count). The van der Waals surface area contributed by atoms with E-state index in [9.17, 15) is 8.78 Å². The lowest BCUT2D eigenvalue weighted by Gasteiger charge is -2.09. The molecule has 2 nitrogen and oxygen atoms in total. The van der Waals surface area contributed by atoms with Gasteiger partial charge in [0.05, 0.1) is 13.2 Å². The SMILES string of the molecule is Cc1c(COCc2ccc(F)cc2)ccn1Cc1cccc(F)c1. The van der Waals surface area contributed by atoms with Crippen LogP contribution in [0.15, 0.2) is 60.8 Å². The molecular formula is C20H19F2NO. The molecule has 1 aromatic heterocycles. The molecule has 0 aliphatic heterocycles. The number of halogens is 2. The van der Waals surface area contributed by atoms with Crippen LogP contribution in [0.3, 0.4) is 0 Å². The van der Waals surface area contributed by atoms with Crippen molar-refractivity contribution in [2.75, 3.05) is 0 Å². The van der Waals surface area contributed by atoms with E-state index in [0.717, 1.165) is 22.4 Å². The van der Waals surface area contributed by atoms with E-state index in [1.54, 1.807) is 24.3 Å². The maximum Gasteiger partial charge on any atom is 0.123 e. The monoisotopic (exact) mass is 327 g/mol. The first-order chi connectivity index (χ1) is 11.6. The summed E-state index contributed by atoms with van der Waals surface area (Å²) < 4.78 is 33.9. The second-order valence-corrected chi connectivity index (χ2v) is 5.80. The highest BCUT2D eigenvalue weighted by Crippen LogP contribution is 2.15. The van der Waals surface area contributed by atoms with Crippen molar-refractivity contribution in [1.82, 2.24) is 4.57 Å². The van der Waals surface area contributed by atoms with Gasteiger partial charge in [0, 0.05) is 18.4 Å². The van der Waals surface area contributed by atoms with Crippen LogP contribution in [0.4, 0.5) is 8.78 Å². The summed E-state index contributed by atoms with van der Waals surface area (Å²) in [6, 6.07) is 14.9. The number of hydrogen-bond acceptors (Lipinski definition) is 1. The quantitative estimate of drug-likeness (QED) is 0.632. The van der Waals surface area contributed by atoms with Crippen LogP contribution in [-0.4, -0.2) is 4.57 Å². The molecule has 24 heavy (non-hydrogen) atoms. The highest BCUT2D eigenvalue weighted by molar-refractivity contribution is 5.24. The van der Waals surface area contributed by atoms with Crippen molar-refractivity contribution in [1.29, 1.82) is 0 Å². The summed E-state index contributed by atoms with van der Waals surface area (Å²) >= 11 is 0. The summed E-state index contributed by atoms with van der Waals surface area (Å²) in [6.45, 7) is 3.57. The number of hydrogen-bond donors (Lipinski definition) is 0. The Morgan fingerprint density at radius 2 is 1.67 bits per heavy atom. The van der Waals surface area contributed by atoms with Crippen molar-refractivity contribution in [2.24, 2.45) is 0 Å². The van der Waals surface area contributed by atoms with Crippen LogP contribution in [0.2, 0.25) is 0 Å². The summed E-state index contributed by atoms with van der Waals surface area (Å²) in [7, 11) is 0. The first-order valence-corrected chi connectivity index (χ1v) is 7.83. The molecule has 0 spiro atoms. The van der Waals surface area contributed by atoms with Gasteiger partial charge in [0.15, 0.2) is 0 Å². The summed E-state index contributed by atoms with van der Waals surface area (Å²) in [6.07, 6.45) is 1.98.